The van der Waals surface area contributed by atoms with Crippen LogP contribution in [0.3, 0.4) is 0 Å². The van der Waals surface area contributed by atoms with Crippen molar-refractivity contribution in [1.82, 2.24) is 10.2 Å². The minimum Gasteiger partial charge on any atom is -0.445 e. The van der Waals surface area contributed by atoms with Crippen molar-refractivity contribution in [3.05, 3.63) is 71.5 Å². The molecule has 1 saturated heterocycles. The van der Waals surface area contributed by atoms with E-state index in [0.29, 0.717) is 31.5 Å². The van der Waals surface area contributed by atoms with E-state index >= 15 is 0 Å². The van der Waals surface area contributed by atoms with Gasteiger partial charge in [0.05, 0.1) is 0 Å². The molecule has 2 amide bonds. The molecule has 136 valence electrons. The fraction of sp³-hybridized carbons (Fsp3) is 0.300. The van der Waals surface area contributed by atoms with Gasteiger partial charge in [-0.1, -0.05) is 30.3 Å². The van der Waals surface area contributed by atoms with Crippen LogP contribution in [0.5, 0.6) is 0 Å². The summed E-state index contributed by atoms with van der Waals surface area (Å²) >= 11 is 0. The molecular weight excluding hydrogens is 335 g/mol. The number of ether oxygens (including phenoxy) is 1. The first-order valence-electron chi connectivity index (χ1n) is 8.64. The van der Waals surface area contributed by atoms with Gasteiger partial charge in [0.1, 0.15) is 12.4 Å². The largest absolute Gasteiger partial charge is 0.445 e. The van der Waals surface area contributed by atoms with Gasteiger partial charge in [-0.3, -0.25) is 4.79 Å². The molecule has 6 heteroatoms. The summed E-state index contributed by atoms with van der Waals surface area (Å²) in [5.74, 6) is -0.478. The van der Waals surface area contributed by atoms with E-state index in [0.717, 1.165) is 5.56 Å². The second kappa shape index (κ2) is 8.47. The lowest BCUT2D eigenvalue weighted by Gasteiger charge is -2.32. The summed E-state index contributed by atoms with van der Waals surface area (Å²) in [5, 5.41) is 2.85. The molecule has 1 fully saturated rings. The second-order valence-electron chi connectivity index (χ2n) is 6.28. The third-order valence-electron chi connectivity index (χ3n) is 4.41. The van der Waals surface area contributed by atoms with Crippen molar-refractivity contribution in [2.24, 2.45) is 0 Å². The Morgan fingerprint density at radius 1 is 1.04 bits per heavy atom. The van der Waals surface area contributed by atoms with Gasteiger partial charge in [0.15, 0.2) is 0 Å². The Labute approximate surface area is 151 Å². The van der Waals surface area contributed by atoms with Gasteiger partial charge < -0.3 is 15.0 Å². The number of alkyl carbamates (subject to hydrolysis) is 1. The number of likely N-dealkylation sites (tertiary alicyclic amines) is 1. The Kier molecular flexibility index (Phi) is 5.84. The van der Waals surface area contributed by atoms with E-state index in [1.165, 1.54) is 24.3 Å². The highest BCUT2D eigenvalue weighted by Crippen LogP contribution is 2.15. The van der Waals surface area contributed by atoms with E-state index in [1.54, 1.807) is 4.90 Å². The number of amides is 2. The minimum atomic E-state index is -0.447. The Morgan fingerprint density at radius 3 is 2.35 bits per heavy atom. The Morgan fingerprint density at radius 2 is 1.69 bits per heavy atom. The van der Waals surface area contributed by atoms with Gasteiger partial charge in [-0.05, 0) is 42.7 Å². The average molecular weight is 356 g/mol. The van der Waals surface area contributed by atoms with Crippen LogP contribution >= 0.6 is 0 Å². The molecule has 0 aliphatic carbocycles. The third-order valence-corrected chi connectivity index (χ3v) is 4.41. The van der Waals surface area contributed by atoms with Gasteiger partial charge >= 0.3 is 6.09 Å². The molecule has 1 aliphatic heterocycles. The predicted octanol–water partition coefficient (Wildman–Crippen LogP) is 3.36. The molecule has 2 aromatic carbocycles. The molecule has 1 heterocycles. The lowest BCUT2D eigenvalue weighted by Crippen LogP contribution is -2.46. The SMILES string of the molecule is O=C(NC1CCN(C(=O)c2ccc(F)cc2)CC1)OCc1ccccc1. The molecule has 0 bridgehead atoms. The summed E-state index contributed by atoms with van der Waals surface area (Å²) in [6, 6.07) is 15.0. The minimum absolute atomic E-state index is 0.0180. The summed E-state index contributed by atoms with van der Waals surface area (Å²) in [6.07, 6.45) is 0.873. The first kappa shape index (κ1) is 17.9. The molecule has 0 aromatic heterocycles. The van der Waals surface area contributed by atoms with Crippen molar-refractivity contribution in [1.29, 1.82) is 0 Å². The van der Waals surface area contributed by atoms with Crippen molar-refractivity contribution in [2.45, 2.75) is 25.5 Å². The number of carbonyl (C=O) groups excluding carboxylic acids is 2. The highest BCUT2D eigenvalue weighted by atomic mass is 19.1. The Balaban J connectivity index is 1.42. The van der Waals surface area contributed by atoms with E-state index in [4.69, 9.17) is 4.74 Å². The van der Waals surface area contributed by atoms with Gasteiger partial charge in [-0.15, -0.1) is 0 Å². The van der Waals surface area contributed by atoms with Crippen LogP contribution in [0.2, 0.25) is 0 Å². The van der Waals surface area contributed by atoms with Crippen LogP contribution in [0.1, 0.15) is 28.8 Å². The number of rotatable bonds is 4. The standard InChI is InChI=1S/C20H21FN2O3/c21-17-8-6-16(7-9-17)19(24)23-12-10-18(11-13-23)22-20(25)26-14-15-4-2-1-3-5-15/h1-9,18H,10-14H2,(H,22,25). The van der Waals surface area contributed by atoms with E-state index in [1.807, 2.05) is 30.3 Å². The van der Waals surface area contributed by atoms with E-state index in [-0.39, 0.29) is 24.4 Å². The normalized spacial score (nSPS) is 14.7. The van der Waals surface area contributed by atoms with Gasteiger partial charge in [0.25, 0.3) is 5.91 Å². The molecule has 2 aromatic rings. The first-order valence-corrected chi connectivity index (χ1v) is 8.64. The number of carbonyl (C=O) groups is 2. The Bertz CT molecular complexity index is 741. The molecule has 0 atom stereocenters. The van der Waals surface area contributed by atoms with Crippen molar-refractivity contribution < 1.29 is 18.7 Å². The monoisotopic (exact) mass is 356 g/mol. The van der Waals surface area contributed by atoms with Gasteiger partial charge in [-0.25, -0.2) is 9.18 Å². The number of hydrogen-bond donors (Lipinski definition) is 1. The van der Waals surface area contributed by atoms with E-state index < -0.39 is 6.09 Å². The second-order valence-corrected chi connectivity index (χ2v) is 6.28. The molecule has 3 rings (SSSR count). The van der Waals surface area contributed by atoms with Crippen molar-refractivity contribution >= 4 is 12.0 Å². The molecular formula is C20H21FN2O3. The van der Waals surface area contributed by atoms with Crippen LogP contribution in [-0.2, 0) is 11.3 Å². The van der Waals surface area contributed by atoms with Crippen LogP contribution in [0, 0.1) is 5.82 Å². The number of piperidine rings is 1. The lowest BCUT2D eigenvalue weighted by molar-refractivity contribution is 0.0700. The molecule has 5 nitrogen and oxygen atoms in total. The maximum absolute atomic E-state index is 13.0. The number of benzene rings is 2. The summed E-state index contributed by atoms with van der Waals surface area (Å²) in [7, 11) is 0. The fourth-order valence-corrected chi connectivity index (χ4v) is 2.93. The quantitative estimate of drug-likeness (QED) is 0.914. The maximum atomic E-state index is 13.0. The van der Waals surface area contributed by atoms with Crippen molar-refractivity contribution in [2.75, 3.05) is 13.1 Å². The van der Waals surface area contributed by atoms with Gasteiger partial charge in [0.2, 0.25) is 0 Å². The molecule has 1 N–H and O–H groups in total. The molecule has 0 saturated carbocycles. The van der Waals surface area contributed by atoms with Crippen LogP contribution < -0.4 is 5.32 Å². The predicted molar refractivity (Wildman–Crippen MR) is 95.1 cm³/mol. The lowest BCUT2D eigenvalue weighted by atomic mass is 10.0. The van der Waals surface area contributed by atoms with Crippen LogP contribution in [0.4, 0.5) is 9.18 Å². The number of nitrogens with zero attached hydrogens (tertiary/aromatic N) is 1. The Hall–Kier alpha value is -2.89. The summed E-state index contributed by atoms with van der Waals surface area (Å²) in [5.41, 5.74) is 1.41. The molecule has 0 radical (unpaired) electrons. The van der Waals surface area contributed by atoms with Crippen LogP contribution in [0.25, 0.3) is 0 Å². The van der Waals surface area contributed by atoms with Crippen molar-refractivity contribution in [3.63, 3.8) is 0 Å². The van der Waals surface area contributed by atoms with Gasteiger partial charge in [-0.2, -0.15) is 0 Å². The zero-order chi connectivity index (χ0) is 18.4. The fourth-order valence-electron chi connectivity index (χ4n) is 2.93. The third kappa shape index (κ3) is 4.81. The maximum Gasteiger partial charge on any atom is 0.407 e. The number of hydrogen-bond acceptors (Lipinski definition) is 3. The summed E-state index contributed by atoms with van der Waals surface area (Å²) in [4.78, 5) is 26.0. The highest BCUT2D eigenvalue weighted by molar-refractivity contribution is 5.94. The van der Waals surface area contributed by atoms with Gasteiger partial charge in [0, 0.05) is 24.7 Å². The number of halogens is 1. The zero-order valence-electron chi connectivity index (χ0n) is 14.4. The number of nitrogens with one attached hydrogen (secondary N) is 1. The molecule has 0 spiro atoms. The van der Waals surface area contributed by atoms with E-state index in [2.05, 4.69) is 5.32 Å². The average Bonchev–Trinajstić information content (AvgIpc) is 2.68. The van der Waals surface area contributed by atoms with Crippen molar-refractivity contribution in [3.8, 4) is 0 Å². The van der Waals surface area contributed by atoms with Crippen LogP contribution in [0.15, 0.2) is 54.6 Å². The summed E-state index contributed by atoms with van der Waals surface area (Å²) < 4.78 is 18.2. The highest BCUT2D eigenvalue weighted by Gasteiger charge is 2.25. The van der Waals surface area contributed by atoms with Crippen LogP contribution in [-0.4, -0.2) is 36.0 Å². The smallest absolute Gasteiger partial charge is 0.407 e. The molecule has 0 unspecified atom stereocenters. The summed E-state index contributed by atoms with van der Waals surface area (Å²) in [6.45, 7) is 1.31. The topological polar surface area (TPSA) is 58.6 Å². The van der Waals surface area contributed by atoms with E-state index in [9.17, 15) is 14.0 Å². The molecule has 26 heavy (non-hydrogen) atoms. The molecule has 1 aliphatic rings. The zero-order valence-corrected chi connectivity index (χ0v) is 14.4. The first-order chi connectivity index (χ1) is 12.6.